The molecule has 1 N–H and O–H groups in total. The number of nitrogens with zero attached hydrogens (tertiary/aromatic N) is 2. The number of hydrogen-bond acceptors (Lipinski definition) is 4. The number of aromatic nitrogens is 1. The molecule has 25 heavy (non-hydrogen) atoms. The van der Waals surface area contributed by atoms with Crippen molar-refractivity contribution in [2.24, 2.45) is 0 Å². The average molecular weight is 386 g/mol. The molecule has 1 aromatic heterocycles. The van der Waals surface area contributed by atoms with E-state index in [0.717, 1.165) is 21.4 Å². The monoisotopic (exact) mass is 386 g/mol. The van der Waals surface area contributed by atoms with E-state index in [0.29, 0.717) is 5.56 Å². The third kappa shape index (κ3) is 5.31. The van der Waals surface area contributed by atoms with E-state index in [2.05, 4.69) is 11.1 Å². The third-order valence-corrected chi connectivity index (χ3v) is 4.49. The Hall–Kier alpha value is -1.34. The second kappa shape index (κ2) is 9.97. The molecular formula is C20H14FeN2OS. The molecule has 1 aromatic carbocycles. The summed E-state index contributed by atoms with van der Waals surface area (Å²) in [4.78, 5) is 4.90. The van der Waals surface area contributed by atoms with Gasteiger partial charge in [0.1, 0.15) is 5.01 Å². The summed E-state index contributed by atoms with van der Waals surface area (Å²) in [6.45, 7) is 0. The summed E-state index contributed by atoms with van der Waals surface area (Å²) in [5, 5.41) is 19.5. The Morgan fingerprint density at radius 1 is 0.880 bits per heavy atom. The van der Waals surface area contributed by atoms with Gasteiger partial charge in [-0.1, -0.05) is 12.1 Å². The van der Waals surface area contributed by atoms with Crippen LogP contribution < -0.4 is 0 Å². The van der Waals surface area contributed by atoms with Crippen LogP contribution in [0.3, 0.4) is 0 Å². The zero-order valence-electron chi connectivity index (χ0n) is 13.1. The van der Waals surface area contributed by atoms with E-state index < -0.39 is 0 Å². The minimum absolute atomic E-state index is 0. The molecule has 0 amide bonds. The van der Waals surface area contributed by atoms with E-state index >= 15 is 0 Å². The standard InChI is InChI=1S/C15H9N2OS.C5H5.Fe/c16-9-10-5-7-11(8-6-10)13-14(18)17-15(19-13)12-3-1-2-4-12;1-2-4-5-3-1;/h1-8,18H;1-5H;. The summed E-state index contributed by atoms with van der Waals surface area (Å²) in [6.07, 6.45) is 17.8. The van der Waals surface area contributed by atoms with Gasteiger partial charge in [-0.3, -0.25) is 0 Å². The normalized spacial score (nSPS) is 16.6. The molecule has 2 aliphatic rings. The average Bonchev–Trinajstić information content (AvgIpc) is 3.37. The van der Waals surface area contributed by atoms with Gasteiger partial charge in [0.25, 0.3) is 0 Å². The first-order chi connectivity index (χ1) is 11.8. The Kier molecular flexibility index (Phi) is 7.96. The van der Waals surface area contributed by atoms with Gasteiger partial charge in [-0.2, -0.15) is 5.26 Å². The molecule has 0 bridgehead atoms. The molecule has 2 aromatic rings. The fourth-order valence-corrected chi connectivity index (χ4v) is 3.13. The van der Waals surface area contributed by atoms with Gasteiger partial charge >= 0.3 is 0 Å². The van der Waals surface area contributed by atoms with Crippen LogP contribution in [0.25, 0.3) is 10.4 Å². The summed E-state index contributed by atoms with van der Waals surface area (Å²) in [7, 11) is 0. The molecule has 5 heteroatoms. The first-order valence-electron chi connectivity index (χ1n) is 7.37. The molecule has 124 valence electrons. The molecule has 0 atom stereocenters. The quantitative estimate of drug-likeness (QED) is 0.789. The van der Waals surface area contributed by atoms with Gasteiger partial charge in [0.05, 0.1) is 16.5 Å². The fraction of sp³-hybridized carbons (Fsp3) is 0. The van der Waals surface area contributed by atoms with E-state index in [9.17, 15) is 5.11 Å². The van der Waals surface area contributed by atoms with Crippen LogP contribution in [0.5, 0.6) is 5.88 Å². The Labute approximate surface area is 164 Å². The minimum Gasteiger partial charge on any atom is -0.492 e. The summed E-state index contributed by atoms with van der Waals surface area (Å²) in [5.74, 6) is 1.03. The second-order valence-corrected chi connectivity index (χ2v) is 6.00. The molecule has 2 fully saturated rings. The van der Waals surface area contributed by atoms with Gasteiger partial charge in [-0.05, 0) is 75.5 Å². The molecule has 0 saturated heterocycles. The minimum atomic E-state index is 0. The van der Waals surface area contributed by atoms with Gasteiger partial charge < -0.3 is 5.11 Å². The summed E-state index contributed by atoms with van der Waals surface area (Å²) >= 11 is 1.44. The van der Waals surface area contributed by atoms with Crippen molar-refractivity contribution in [3.05, 3.63) is 98.5 Å². The van der Waals surface area contributed by atoms with Crippen LogP contribution >= 0.6 is 11.3 Å². The Bertz CT molecular complexity index is 688. The van der Waals surface area contributed by atoms with Gasteiger partial charge in [0, 0.05) is 23.0 Å². The zero-order valence-corrected chi connectivity index (χ0v) is 15.0. The molecular weight excluding hydrogens is 372 g/mol. The maximum Gasteiger partial charge on any atom is 0.230 e. The van der Waals surface area contributed by atoms with E-state index in [1.807, 2.05) is 69.9 Å². The molecule has 2 saturated carbocycles. The van der Waals surface area contributed by atoms with Crippen molar-refractivity contribution < 1.29 is 22.2 Å². The Morgan fingerprint density at radius 3 is 1.96 bits per heavy atom. The van der Waals surface area contributed by atoms with Crippen LogP contribution in [-0.2, 0) is 17.1 Å². The molecule has 0 aliphatic heterocycles. The number of rotatable bonds is 2. The van der Waals surface area contributed by atoms with Crippen LogP contribution in [0.15, 0.2) is 24.3 Å². The van der Waals surface area contributed by atoms with Crippen molar-refractivity contribution in [1.82, 2.24) is 4.98 Å². The first-order valence-corrected chi connectivity index (χ1v) is 8.18. The van der Waals surface area contributed by atoms with Crippen LogP contribution in [0.2, 0.25) is 0 Å². The summed E-state index contributed by atoms with van der Waals surface area (Å²) in [5.41, 5.74) is 1.47. The molecule has 0 spiro atoms. The van der Waals surface area contributed by atoms with Crippen molar-refractivity contribution in [3.8, 4) is 22.4 Å². The van der Waals surface area contributed by atoms with Crippen molar-refractivity contribution >= 4 is 11.3 Å². The molecule has 4 rings (SSSR count). The maximum atomic E-state index is 9.94. The van der Waals surface area contributed by atoms with E-state index in [1.54, 1.807) is 12.1 Å². The molecule has 0 unspecified atom stereocenters. The van der Waals surface area contributed by atoms with Gasteiger partial charge in [-0.25, -0.2) is 4.98 Å². The van der Waals surface area contributed by atoms with Crippen molar-refractivity contribution in [1.29, 1.82) is 5.26 Å². The SMILES string of the molecule is N#Cc1ccc(-c2sc([C]3[CH][CH][CH][CH]3)nc2O)cc1.[CH]1[CH][CH][CH][CH]1.[Fe]. The smallest absolute Gasteiger partial charge is 0.230 e. The van der Waals surface area contributed by atoms with Crippen molar-refractivity contribution in [2.75, 3.05) is 0 Å². The first kappa shape index (κ1) is 20.0. The molecule has 3 nitrogen and oxygen atoms in total. The zero-order chi connectivity index (χ0) is 16.8. The molecule has 10 radical (unpaired) electrons. The van der Waals surface area contributed by atoms with Crippen molar-refractivity contribution in [2.45, 2.75) is 0 Å². The van der Waals surface area contributed by atoms with Crippen LogP contribution in [0.4, 0.5) is 0 Å². The maximum absolute atomic E-state index is 9.94. The molecule has 1 heterocycles. The molecule has 2 aliphatic carbocycles. The third-order valence-electron chi connectivity index (χ3n) is 3.35. The van der Waals surface area contributed by atoms with Gasteiger partial charge in [-0.15, -0.1) is 11.3 Å². The van der Waals surface area contributed by atoms with E-state index in [4.69, 9.17) is 5.26 Å². The number of thiazole rings is 1. The van der Waals surface area contributed by atoms with Crippen LogP contribution in [-0.4, -0.2) is 10.1 Å². The summed E-state index contributed by atoms with van der Waals surface area (Å²) in [6, 6.07) is 9.18. The number of benzene rings is 1. The van der Waals surface area contributed by atoms with E-state index in [1.165, 1.54) is 11.3 Å². The Balaban J connectivity index is 0.000000325. The van der Waals surface area contributed by atoms with E-state index in [-0.39, 0.29) is 22.9 Å². The second-order valence-electron chi connectivity index (χ2n) is 5.00. The Morgan fingerprint density at radius 2 is 1.44 bits per heavy atom. The predicted molar refractivity (Wildman–Crippen MR) is 95.0 cm³/mol. The fourth-order valence-electron chi connectivity index (χ4n) is 2.16. The number of aromatic hydroxyl groups is 1. The predicted octanol–water partition coefficient (Wildman–Crippen LogP) is 4.16. The van der Waals surface area contributed by atoms with Gasteiger partial charge in [0.15, 0.2) is 0 Å². The van der Waals surface area contributed by atoms with Crippen LogP contribution in [0.1, 0.15) is 10.6 Å². The van der Waals surface area contributed by atoms with Crippen molar-refractivity contribution in [3.63, 3.8) is 0 Å². The van der Waals surface area contributed by atoms with Gasteiger partial charge in [0.2, 0.25) is 5.88 Å². The topological polar surface area (TPSA) is 56.9 Å². The van der Waals surface area contributed by atoms with Crippen LogP contribution in [0, 0.1) is 75.0 Å². The number of nitriles is 1. The largest absolute Gasteiger partial charge is 0.492 e. The summed E-state index contributed by atoms with van der Waals surface area (Å²) < 4.78 is 0. The number of hydrogen-bond donors (Lipinski definition) is 1.